The number of carbonyl (C=O) groups excluding carboxylic acids is 1. The van der Waals surface area contributed by atoms with Crippen LogP contribution >= 0.6 is 0 Å². The molecule has 0 saturated carbocycles. The Morgan fingerprint density at radius 1 is 1.30 bits per heavy atom. The van der Waals surface area contributed by atoms with E-state index in [-0.39, 0.29) is 5.91 Å². The number of aromatic nitrogens is 3. The van der Waals surface area contributed by atoms with Gasteiger partial charge in [0.25, 0.3) is 5.91 Å². The van der Waals surface area contributed by atoms with Gasteiger partial charge in [-0.05, 0) is 30.7 Å². The van der Waals surface area contributed by atoms with Crippen LogP contribution in [0.25, 0.3) is 16.9 Å². The van der Waals surface area contributed by atoms with Gasteiger partial charge < -0.3 is 14.5 Å². The largest absolute Gasteiger partial charge is 0.497 e. The molecule has 0 fully saturated rings. The molecular formula is C17H18N4O2. The number of imidazole rings is 1. The number of benzene rings is 1. The summed E-state index contributed by atoms with van der Waals surface area (Å²) < 4.78 is 6.98. The Morgan fingerprint density at radius 3 is 2.78 bits per heavy atom. The molecule has 0 bridgehead atoms. The van der Waals surface area contributed by atoms with Gasteiger partial charge in [-0.25, -0.2) is 4.98 Å². The third-order valence-electron chi connectivity index (χ3n) is 3.51. The summed E-state index contributed by atoms with van der Waals surface area (Å²) in [6.45, 7) is 2.64. The molecule has 0 aliphatic carbocycles. The molecule has 6 nitrogen and oxygen atoms in total. The zero-order valence-electron chi connectivity index (χ0n) is 13.1. The molecule has 23 heavy (non-hydrogen) atoms. The first-order valence-corrected chi connectivity index (χ1v) is 7.49. The molecule has 118 valence electrons. The number of rotatable bonds is 5. The van der Waals surface area contributed by atoms with Crippen LogP contribution in [0, 0.1) is 0 Å². The molecule has 0 atom stereocenters. The number of amides is 1. The second-order valence-corrected chi connectivity index (χ2v) is 5.12. The predicted molar refractivity (Wildman–Crippen MR) is 87.6 cm³/mol. The molecule has 0 saturated heterocycles. The Morgan fingerprint density at radius 2 is 2.09 bits per heavy atom. The van der Waals surface area contributed by atoms with Gasteiger partial charge in [0.2, 0.25) is 0 Å². The number of nitrogens with one attached hydrogen (secondary N) is 1. The van der Waals surface area contributed by atoms with E-state index in [1.807, 2.05) is 35.6 Å². The van der Waals surface area contributed by atoms with E-state index in [1.54, 1.807) is 25.7 Å². The number of ether oxygens (including phenoxy) is 1. The van der Waals surface area contributed by atoms with Crippen molar-refractivity contribution in [1.82, 2.24) is 19.7 Å². The molecule has 1 N–H and O–H groups in total. The van der Waals surface area contributed by atoms with Crippen LogP contribution < -0.4 is 10.1 Å². The maximum Gasteiger partial charge on any atom is 0.271 e. The standard InChI is InChI=1S/C17H18N4O2/c1-3-8-19-17(22)14-11-21-10-9-18-15(16(21)20-14)12-4-6-13(23-2)7-5-12/h4-7,9-11H,3,8H2,1-2H3,(H,19,22). The van der Waals surface area contributed by atoms with Crippen molar-refractivity contribution < 1.29 is 9.53 Å². The lowest BCUT2D eigenvalue weighted by Gasteiger charge is -2.04. The fourth-order valence-corrected chi connectivity index (χ4v) is 2.31. The summed E-state index contributed by atoms with van der Waals surface area (Å²) in [5.41, 5.74) is 2.69. The number of fused-ring (bicyclic) bond motifs is 1. The van der Waals surface area contributed by atoms with E-state index >= 15 is 0 Å². The molecule has 1 aromatic carbocycles. The highest BCUT2D eigenvalue weighted by Crippen LogP contribution is 2.24. The second kappa shape index (κ2) is 6.48. The zero-order chi connectivity index (χ0) is 16.2. The van der Waals surface area contributed by atoms with Crippen LogP contribution in [0.2, 0.25) is 0 Å². The quantitative estimate of drug-likeness (QED) is 0.786. The van der Waals surface area contributed by atoms with E-state index in [2.05, 4.69) is 15.3 Å². The second-order valence-electron chi connectivity index (χ2n) is 5.12. The fraction of sp³-hybridized carbons (Fsp3) is 0.235. The lowest BCUT2D eigenvalue weighted by Crippen LogP contribution is -2.24. The highest BCUT2D eigenvalue weighted by Gasteiger charge is 2.14. The van der Waals surface area contributed by atoms with Crippen LogP contribution in [-0.4, -0.2) is 33.9 Å². The van der Waals surface area contributed by atoms with Crippen LogP contribution in [0.3, 0.4) is 0 Å². The van der Waals surface area contributed by atoms with E-state index in [0.717, 1.165) is 23.4 Å². The number of methoxy groups -OCH3 is 1. The first-order chi connectivity index (χ1) is 11.2. The lowest BCUT2D eigenvalue weighted by atomic mass is 10.1. The topological polar surface area (TPSA) is 68.5 Å². The average Bonchev–Trinajstić information content (AvgIpc) is 3.04. The van der Waals surface area contributed by atoms with Crippen molar-refractivity contribution in [2.24, 2.45) is 0 Å². The highest BCUT2D eigenvalue weighted by atomic mass is 16.5. The Labute approximate surface area is 134 Å². The summed E-state index contributed by atoms with van der Waals surface area (Å²) in [5.74, 6) is 0.611. The van der Waals surface area contributed by atoms with Crippen LogP contribution in [-0.2, 0) is 0 Å². The molecule has 1 amide bonds. The van der Waals surface area contributed by atoms with Gasteiger partial charge in [-0.3, -0.25) is 9.78 Å². The summed E-state index contributed by atoms with van der Waals surface area (Å²) in [4.78, 5) is 20.9. The molecule has 0 radical (unpaired) electrons. The molecule has 2 heterocycles. The van der Waals surface area contributed by atoms with Crippen molar-refractivity contribution in [3.8, 4) is 17.0 Å². The maximum absolute atomic E-state index is 12.1. The molecule has 3 rings (SSSR count). The molecule has 0 aliphatic heterocycles. The van der Waals surface area contributed by atoms with Gasteiger partial charge in [-0.2, -0.15) is 0 Å². The lowest BCUT2D eigenvalue weighted by molar-refractivity contribution is 0.0949. The first-order valence-electron chi connectivity index (χ1n) is 7.49. The maximum atomic E-state index is 12.1. The van der Waals surface area contributed by atoms with E-state index in [0.29, 0.717) is 17.9 Å². The summed E-state index contributed by atoms with van der Waals surface area (Å²) in [6.07, 6.45) is 6.08. The number of nitrogens with zero attached hydrogens (tertiary/aromatic N) is 3. The van der Waals surface area contributed by atoms with Crippen LogP contribution in [0.15, 0.2) is 42.9 Å². The van der Waals surface area contributed by atoms with Crippen LogP contribution in [0.5, 0.6) is 5.75 Å². The van der Waals surface area contributed by atoms with Gasteiger partial charge in [-0.1, -0.05) is 6.92 Å². The van der Waals surface area contributed by atoms with Gasteiger partial charge in [0.1, 0.15) is 17.1 Å². The zero-order valence-corrected chi connectivity index (χ0v) is 13.1. The SMILES string of the molecule is CCCNC(=O)c1cn2ccnc(-c3ccc(OC)cc3)c2n1. The van der Waals surface area contributed by atoms with Gasteiger partial charge in [0.05, 0.1) is 7.11 Å². The Hall–Kier alpha value is -2.89. The number of carbonyl (C=O) groups is 1. The minimum absolute atomic E-state index is 0.170. The third-order valence-corrected chi connectivity index (χ3v) is 3.51. The molecule has 0 aliphatic rings. The predicted octanol–water partition coefficient (Wildman–Crippen LogP) is 2.54. The molecule has 0 spiro atoms. The summed E-state index contributed by atoms with van der Waals surface area (Å²) in [5, 5.41) is 2.83. The Balaban J connectivity index is 2.00. The first kappa shape index (κ1) is 15.0. The smallest absolute Gasteiger partial charge is 0.271 e. The van der Waals surface area contributed by atoms with Crippen molar-refractivity contribution in [1.29, 1.82) is 0 Å². The molecule has 0 unspecified atom stereocenters. The van der Waals surface area contributed by atoms with Gasteiger partial charge in [0.15, 0.2) is 5.65 Å². The molecular weight excluding hydrogens is 292 g/mol. The summed E-state index contributed by atoms with van der Waals surface area (Å²) >= 11 is 0. The summed E-state index contributed by atoms with van der Waals surface area (Å²) in [6, 6.07) is 7.59. The van der Waals surface area contributed by atoms with E-state index < -0.39 is 0 Å². The normalized spacial score (nSPS) is 10.7. The Bertz CT molecular complexity index is 824. The summed E-state index contributed by atoms with van der Waals surface area (Å²) in [7, 11) is 1.63. The van der Waals surface area contributed by atoms with Crippen molar-refractivity contribution in [3.05, 3.63) is 48.5 Å². The van der Waals surface area contributed by atoms with Crippen molar-refractivity contribution in [3.63, 3.8) is 0 Å². The average molecular weight is 310 g/mol. The van der Waals surface area contributed by atoms with Gasteiger partial charge >= 0.3 is 0 Å². The minimum Gasteiger partial charge on any atom is -0.497 e. The fourth-order valence-electron chi connectivity index (χ4n) is 2.31. The Kier molecular flexibility index (Phi) is 4.23. The van der Waals surface area contributed by atoms with E-state index in [1.165, 1.54) is 0 Å². The molecule has 6 heteroatoms. The third kappa shape index (κ3) is 3.01. The highest BCUT2D eigenvalue weighted by molar-refractivity contribution is 5.93. The minimum atomic E-state index is -0.170. The molecule has 3 aromatic rings. The number of hydrogen-bond acceptors (Lipinski definition) is 4. The van der Waals surface area contributed by atoms with E-state index in [4.69, 9.17) is 4.74 Å². The van der Waals surface area contributed by atoms with Crippen molar-refractivity contribution >= 4 is 11.6 Å². The van der Waals surface area contributed by atoms with Crippen LogP contribution in [0.1, 0.15) is 23.8 Å². The van der Waals surface area contributed by atoms with Crippen LogP contribution in [0.4, 0.5) is 0 Å². The van der Waals surface area contributed by atoms with Crippen molar-refractivity contribution in [2.75, 3.05) is 13.7 Å². The van der Waals surface area contributed by atoms with Gasteiger partial charge in [0, 0.05) is 30.7 Å². The molecule has 2 aromatic heterocycles. The van der Waals surface area contributed by atoms with Crippen molar-refractivity contribution in [2.45, 2.75) is 13.3 Å². The van der Waals surface area contributed by atoms with E-state index in [9.17, 15) is 4.79 Å². The monoisotopic (exact) mass is 310 g/mol. The number of hydrogen-bond donors (Lipinski definition) is 1. The van der Waals surface area contributed by atoms with Gasteiger partial charge in [-0.15, -0.1) is 0 Å².